The van der Waals surface area contributed by atoms with E-state index in [0.717, 1.165) is 24.3 Å². The third-order valence-corrected chi connectivity index (χ3v) is 4.69. The van der Waals surface area contributed by atoms with E-state index in [-0.39, 0.29) is 17.0 Å². The highest BCUT2D eigenvalue weighted by Crippen LogP contribution is 2.13. The molecule has 0 radical (unpaired) electrons. The molecule has 1 aliphatic rings. The molecule has 2 rings (SSSR count). The monoisotopic (exact) mass is 301 g/mol. The minimum Gasteiger partial charge on any atom is -0.323 e. The van der Waals surface area contributed by atoms with Gasteiger partial charge in [0, 0.05) is 24.3 Å². The lowest BCUT2D eigenvalue weighted by atomic mass is 10.3. The number of carbonyl (C=O) groups is 1. The first-order valence-electron chi connectivity index (χ1n) is 5.75. The SMILES string of the molecule is CS(=O)(=O)c1ccc(NC(=O)C2CSCCN2)cn1. The van der Waals surface area contributed by atoms with E-state index in [1.165, 1.54) is 18.3 Å². The van der Waals surface area contributed by atoms with Gasteiger partial charge in [0.2, 0.25) is 5.91 Å². The van der Waals surface area contributed by atoms with Crippen LogP contribution in [0.3, 0.4) is 0 Å². The Morgan fingerprint density at radius 2 is 2.32 bits per heavy atom. The second kappa shape index (κ2) is 5.89. The predicted molar refractivity (Wildman–Crippen MR) is 75.1 cm³/mol. The molecule has 0 bridgehead atoms. The molecule has 1 aliphatic heterocycles. The smallest absolute Gasteiger partial charge is 0.242 e. The van der Waals surface area contributed by atoms with Crippen molar-refractivity contribution in [2.45, 2.75) is 11.1 Å². The van der Waals surface area contributed by atoms with Crippen molar-refractivity contribution >= 4 is 33.2 Å². The Labute approximate surface area is 116 Å². The van der Waals surface area contributed by atoms with Crippen molar-refractivity contribution in [2.75, 3.05) is 29.6 Å². The third-order valence-electron chi connectivity index (χ3n) is 2.62. The lowest BCUT2D eigenvalue weighted by Gasteiger charge is -2.22. The molecular weight excluding hydrogens is 286 g/mol. The number of pyridine rings is 1. The van der Waals surface area contributed by atoms with Gasteiger partial charge in [-0.3, -0.25) is 4.79 Å². The van der Waals surface area contributed by atoms with Crippen LogP contribution >= 0.6 is 11.8 Å². The molecule has 19 heavy (non-hydrogen) atoms. The van der Waals surface area contributed by atoms with Gasteiger partial charge in [-0.1, -0.05) is 0 Å². The van der Waals surface area contributed by atoms with Gasteiger partial charge in [0.15, 0.2) is 14.9 Å². The zero-order chi connectivity index (χ0) is 13.9. The summed E-state index contributed by atoms with van der Waals surface area (Å²) in [6.07, 6.45) is 2.45. The number of rotatable bonds is 3. The first-order valence-corrected chi connectivity index (χ1v) is 8.79. The Balaban J connectivity index is 2.01. The number of sulfone groups is 1. The Kier molecular flexibility index (Phi) is 4.43. The van der Waals surface area contributed by atoms with Gasteiger partial charge < -0.3 is 10.6 Å². The highest BCUT2D eigenvalue weighted by molar-refractivity contribution is 7.99. The Bertz CT molecular complexity index is 551. The van der Waals surface area contributed by atoms with Crippen LogP contribution in [0.15, 0.2) is 23.4 Å². The van der Waals surface area contributed by atoms with Gasteiger partial charge in [-0.25, -0.2) is 13.4 Å². The van der Waals surface area contributed by atoms with E-state index in [0.29, 0.717) is 5.69 Å². The standard InChI is InChI=1S/C11H15N3O3S2/c1-19(16,17)10-3-2-8(6-13-10)14-11(15)9-7-18-5-4-12-9/h2-3,6,9,12H,4-5,7H2,1H3,(H,14,15). The maximum atomic E-state index is 11.9. The molecule has 0 aromatic carbocycles. The number of aromatic nitrogens is 1. The van der Waals surface area contributed by atoms with Crippen LogP contribution in [0.4, 0.5) is 5.69 Å². The van der Waals surface area contributed by atoms with E-state index in [4.69, 9.17) is 0 Å². The van der Waals surface area contributed by atoms with Gasteiger partial charge in [-0.05, 0) is 12.1 Å². The normalized spacial score (nSPS) is 19.9. The van der Waals surface area contributed by atoms with E-state index in [2.05, 4.69) is 15.6 Å². The molecule has 0 saturated carbocycles. The van der Waals surface area contributed by atoms with Crippen molar-refractivity contribution in [3.8, 4) is 0 Å². The van der Waals surface area contributed by atoms with Gasteiger partial charge in [-0.2, -0.15) is 11.8 Å². The van der Waals surface area contributed by atoms with Crippen LogP contribution in [0.1, 0.15) is 0 Å². The quantitative estimate of drug-likeness (QED) is 0.825. The molecule has 1 aromatic heterocycles. The number of amides is 1. The summed E-state index contributed by atoms with van der Waals surface area (Å²) in [7, 11) is -3.31. The van der Waals surface area contributed by atoms with Gasteiger partial charge in [0.25, 0.3) is 0 Å². The van der Waals surface area contributed by atoms with Crippen molar-refractivity contribution in [1.29, 1.82) is 0 Å². The van der Waals surface area contributed by atoms with Crippen LogP contribution in [-0.2, 0) is 14.6 Å². The third kappa shape index (κ3) is 3.92. The first kappa shape index (κ1) is 14.3. The summed E-state index contributed by atoms with van der Waals surface area (Å²) in [5.74, 6) is 1.62. The molecule has 1 aromatic rings. The fourth-order valence-corrected chi connectivity index (χ4v) is 3.13. The molecule has 2 N–H and O–H groups in total. The highest BCUT2D eigenvalue weighted by Gasteiger charge is 2.21. The minimum atomic E-state index is -3.31. The lowest BCUT2D eigenvalue weighted by Crippen LogP contribution is -2.46. The molecule has 6 nitrogen and oxygen atoms in total. The fourth-order valence-electron chi connectivity index (χ4n) is 1.64. The van der Waals surface area contributed by atoms with E-state index >= 15 is 0 Å². The molecule has 0 spiro atoms. The average Bonchev–Trinajstić information content (AvgIpc) is 2.39. The van der Waals surface area contributed by atoms with Crippen molar-refractivity contribution in [2.24, 2.45) is 0 Å². The first-order chi connectivity index (χ1) is 8.97. The summed E-state index contributed by atoms with van der Waals surface area (Å²) in [4.78, 5) is 15.7. The summed E-state index contributed by atoms with van der Waals surface area (Å²) >= 11 is 1.73. The van der Waals surface area contributed by atoms with Crippen LogP contribution < -0.4 is 10.6 Å². The fraction of sp³-hybridized carbons (Fsp3) is 0.455. The van der Waals surface area contributed by atoms with E-state index < -0.39 is 9.84 Å². The zero-order valence-electron chi connectivity index (χ0n) is 10.4. The van der Waals surface area contributed by atoms with Gasteiger partial charge in [0.1, 0.15) is 0 Å². The molecule has 1 saturated heterocycles. The molecule has 1 unspecified atom stereocenters. The second-order valence-electron chi connectivity index (χ2n) is 4.23. The second-order valence-corrected chi connectivity index (χ2v) is 7.34. The van der Waals surface area contributed by atoms with Gasteiger partial charge >= 0.3 is 0 Å². The van der Waals surface area contributed by atoms with Crippen LogP contribution in [0.2, 0.25) is 0 Å². The van der Waals surface area contributed by atoms with Gasteiger partial charge in [0.05, 0.1) is 17.9 Å². The molecule has 2 heterocycles. The van der Waals surface area contributed by atoms with Crippen LogP contribution in [0, 0.1) is 0 Å². The average molecular weight is 301 g/mol. The van der Waals surface area contributed by atoms with E-state index in [1.54, 1.807) is 11.8 Å². The molecule has 1 fully saturated rings. The number of anilines is 1. The summed E-state index contributed by atoms with van der Waals surface area (Å²) < 4.78 is 22.5. The Hall–Kier alpha value is -1.12. The molecule has 1 atom stereocenters. The highest BCUT2D eigenvalue weighted by atomic mass is 32.2. The molecule has 104 valence electrons. The zero-order valence-corrected chi connectivity index (χ0v) is 12.1. The number of carbonyl (C=O) groups excluding carboxylic acids is 1. The van der Waals surface area contributed by atoms with Crippen molar-refractivity contribution in [3.63, 3.8) is 0 Å². The number of nitrogens with one attached hydrogen (secondary N) is 2. The largest absolute Gasteiger partial charge is 0.323 e. The van der Waals surface area contributed by atoms with Crippen LogP contribution in [0.5, 0.6) is 0 Å². The van der Waals surface area contributed by atoms with Gasteiger partial charge in [-0.15, -0.1) is 0 Å². The summed E-state index contributed by atoms with van der Waals surface area (Å²) in [6, 6.07) is 2.71. The topological polar surface area (TPSA) is 88.2 Å². The molecule has 1 amide bonds. The van der Waals surface area contributed by atoms with Crippen molar-refractivity contribution in [3.05, 3.63) is 18.3 Å². The maximum Gasteiger partial charge on any atom is 0.242 e. The summed E-state index contributed by atoms with van der Waals surface area (Å²) in [5.41, 5.74) is 0.495. The van der Waals surface area contributed by atoms with E-state index in [9.17, 15) is 13.2 Å². The van der Waals surface area contributed by atoms with Crippen LogP contribution in [-0.4, -0.2) is 49.7 Å². The van der Waals surface area contributed by atoms with Crippen LogP contribution in [0.25, 0.3) is 0 Å². The van der Waals surface area contributed by atoms with Crippen molar-refractivity contribution in [1.82, 2.24) is 10.3 Å². The lowest BCUT2D eigenvalue weighted by molar-refractivity contribution is -0.117. The number of nitrogens with zero attached hydrogens (tertiary/aromatic N) is 1. The summed E-state index contributed by atoms with van der Waals surface area (Å²) in [5, 5.41) is 5.84. The number of thioether (sulfide) groups is 1. The number of hydrogen-bond acceptors (Lipinski definition) is 6. The minimum absolute atomic E-state index is 0.00292. The number of hydrogen-bond donors (Lipinski definition) is 2. The maximum absolute atomic E-state index is 11.9. The predicted octanol–water partition coefficient (Wildman–Crippen LogP) is 0.129. The Morgan fingerprint density at radius 3 is 2.84 bits per heavy atom. The Morgan fingerprint density at radius 1 is 1.53 bits per heavy atom. The summed E-state index contributed by atoms with van der Waals surface area (Å²) in [6.45, 7) is 0.814. The van der Waals surface area contributed by atoms with E-state index in [1.807, 2.05) is 0 Å². The molecular formula is C11H15N3O3S2. The molecule has 0 aliphatic carbocycles. The molecule has 8 heteroatoms. The van der Waals surface area contributed by atoms with Crippen molar-refractivity contribution < 1.29 is 13.2 Å².